The summed E-state index contributed by atoms with van der Waals surface area (Å²) >= 11 is 6.08. The van der Waals surface area contributed by atoms with Crippen molar-refractivity contribution in [1.29, 1.82) is 0 Å². The van der Waals surface area contributed by atoms with Crippen LogP contribution in [0.3, 0.4) is 0 Å². The van der Waals surface area contributed by atoms with Crippen LogP contribution in [0.25, 0.3) is 11.0 Å². The summed E-state index contributed by atoms with van der Waals surface area (Å²) in [5.41, 5.74) is 0.269. The molecule has 0 radical (unpaired) electrons. The van der Waals surface area contributed by atoms with Gasteiger partial charge in [-0.3, -0.25) is 4.57 Å². The van der Waals surface area contributed by atoms with E-state index in [2.05, 4.69) is 9.97 Å². The van der Waals surface area contributed by atoms with E-state index < -0.39 is 44.4 Å². The molecule has 2 fully saturated rings. The molecule has 15 heteroatoms. The summed E-state index contributed by atoms with van der Waals surface area (Å²) in [6.45, 7) is -0.191. The Bertz CT molecular complexity index is 1030. The van der Waals surface area contributed by atoms with Crippen LogP contribution in [0.15, 0.2) is 12.3 Å². The van der Waals surface area contributed by atoms with E-state index in [0.717, 1.165) is 0 Å². The van der Waals surface area contributed by atoms with Gasteiger partial charge in [0, 0.05) is 32.1 Å². The van der Waals surface area contributed by atoms with Crippen LogP contribution in [-0.2, 0) is 14.0 Å². The quantitative estimate of drug-likeness (QED) is 0.336. The Morgan fingerprint density at radius 2 is 1.94 bits per heavy atom. The lowest BCUT2D eigenvalue weighted by Crippen LogP contribution is -2.39. The topological polar surface area (TPSA) is 150 Å². The van der Waals surface area contributed by atoms with Gasteiger partial charge in [0.25, 0.3) is 5.92 Å². The molecule has 2 saturated heterocycles. The first-order chi connectivity index (χ1) is 15.0. The Labute approximate surface area is 185 Å². The highest BCUT2D eigenvalue weighted by Crippen LogP contribution is 2.38. The summed E-state index contributed by atoms with van der Waals surface area (Å²) in [4.78, 5) is 27.8. The van der Waals surface area contributed by atoms with Crippen molar-refractivity contribution < 1.29 is 42.8 Å². The van der Waals surface area contributed by atoms with Crippen molar-refractivity contribution in [2.75, 3.05) is 30.9 Å². The Kier molecular flexibility index (Phi) is 6.47. The van der Waals surface area contributed by atoms with Gasteiger partial charge in [-0.15, -0.1) is 0 Å². The van der Waals surface area contributed by atoms with Crippen molar-refractivity contribution in [3.05, 3.63) is 17.5 Å². The molecule has 2 aliphatic rings. The number of aliphatic hydroxyl groups is 2. The summed E-state index contributed by atoms with van der Waals surface area (Å²) in [7, 11) is -4.40. The van der Waals surface area contributed by atoms with Crippen LogP contribution in [0, 0.1) is 0 Å². The van der Waals surface area contributed by atoms with E-state index >= 15 is 0 Å². The first-order valence-electron chi connectivity index (χ1n) is 9.76. The molecule has 4 heterocycles. The fraction of sp³-hybridized carbons (Fsp3) is 0.647. The highest BCUT2D eigenvalue weighted by Gasteiger charge is 2.44. The maximum atomic E-state index is 13.6. The molecule has 0 bridgehead atoms. The zero-order valence-electron chi connectivity index (χ0n) is 16.6. The van der Waals surface area contributed by atoms with Crippen LogP contribution >= 0.6 is 19.2 Å². The Hall–Kier alpha value is -1.44. The van der Waals surface area contributed by atoms with Crippen molar-refractivity contribution in [2.24, 2.45) is 0 Å². The molecule has 0 unspecified atom stereocenters. The first-order valence-corrected chi connectivity index (χ1v) is 11.9. The largest absolute Gasteiger partial charge is 0.387 e. The normalized spacial score (nSPS) is 28.5. The monoisotopic (exact) mass is 498 g/mol. The van der Waals surface area contributed by atoms with Gasteiger partial charge in [0.1, 0.15) is 36.1 Å². The number of alkyl halides is 2. The van der Waals surface area contributed by atoms with E-state index in [1.54, 1.807) is 11.0 Å². The van der Waals surface area contributed by atoms with Crippen molar-refractivity contribution in [1.82, 2.24) is 14.5 Å². The molecule has 0 aliphatic carbocycles. The van der Waals surface area contributed by atoms with Gasteiger partial charge in [-0.25, -0.2) is 8.78 Å². The van der Waals surface area contributed by atoms with Crippen LogP contribution < -0.4 is 4.90 Å². The summed E-state index contributed by atoms with van der Waals surface area (Å²) in [5.74, 6) is -2.35. The van der Waals surface area contributed by atoms with Gasteiger partial charge in [-0.1, -0.05) is 0 Å². The molecule has 2 aromatic rings. The third kappa shape index (κ3) is 4.90. The Balaban J connectivity index is 1.57. The van der Waals surface area contributed by atoms with Gasteiger partial charge in [-0.05, 0) is 17.7 Å². The number of hydrogen-bond acceptors (Lipinski definition) is 8. The van der Waals surface area contributed by atoms with E-state index in [0.29, 0.717) is 11.2 Å². The molecule has 0 spiro atoms. The number of anilines is 1. The average molecular weight is 499 g/mol. The van der Waals surface area contributed by atoms with Crippen LogP contribution in [-0.4, -0.2) is 84.8 Å². The van der Waals surface area contributed by atoms with Crippen LogP contribution in [0.2, 0.25) is 5.28 Å². The maximum absolute atomic E-state index is 13.6. The molecule has 32 heavy (non-hydrogen) atoms. The molecule has 2 aromatic heterocycles. The van der Waals surface area contributed by atoms with Crippen LogP contribution in [0.4, 0.5) is 14.6 Å². The second kappa shape index (κ2) is 8.73. The standard InChI is InChI=1S/C17H22ClF2N4O7P/c18-16-21-13(23-5-2-17(19,20)3-6-23)9-1-4-24(14(9)22-16)15-12(26)11(25)10(31-15)7-30-8-32(27,28)29/h1,4,10-12,15,25-26H,2-3,5-8H2,(H2,27,28,29)/t10-,11-,12-,15-/m1/s1. The number of nitrogens with zero attached hydrogens (tertiary/aromatic N) is 4. The zero-order valence-corrected chi connectivity index (χ0v) is 18.2. The molecule has 0 amide bonds. The number of rotatable bonds is 6. The van der Waals surface area contributed by atoms with Gasteiger partial charge >= 0.3 is 7.60 Å². The second-order valence-electron chi connectivity index (χ2n) is 7.83. The lowest BCUT2D eigenvalue weighted by atomic mass is 10.1. The van der Waals surface area contributed by atoms with E-state index in [1.807, 2.05) is 0 Å². The highest BCUT2D eigenvalue weighted by atomic mass is 35.5. The molecular formula is C17H22ClF2N4O7P. The SMILES string of the molecule is O=P(O)(O)COC[C@H]1O[C@@H](n2ccc3c(N4CCC(F)(F)CC4)nc(Cl)nc32)[C@H](O)[C@@H]1O. The molecule has 178 valence electrons. The number of halogens is 3. The minimum atomic E-state index is -4.40. The number of piperidine rings is 1. The summed E-state index contributed by atoms with van der Waals surface area (Å²) in [6, 6.07) is 1.63. The van der Waals surface area contributed by atoms with E-state index in [9.17, 15) is 23.6 Å². The van der Waals surface area contributed by atoms with Crippen molar-refractivity contribution in [2.45, 2.75) is 43.3 Å². The summed E-state index contributed by atoms with van der Waals surface area (Å²) in [5, 5.41) is 21.2. The lowest BCUT2D eigenvalue weighted by Gasteiger charge is -2.32. The minimum absolute atomic E-state index is 0.0842. The van der Waals surface area contributed by atoms with Crippen molar-refractivity contribution in [3.63, 3.8) is 0 Å². The molecule has 4 N–H and O–H groups in total. The zero-order chi connectivity index (χ0) is 23.3. The summed E-state index contributed by atoms with van der Waals surface area (Å²) in [6.07, 6.45) is -4.90. The fourth-order valence-electron chi connectivity index (χ4n) is 3.87. The third-order valence-corrected chi connectivity index (χ3v) is 6.16. The first kappa shape index (κ1) is 23.7. The molecule has 2 aliphatic heterocycles. The number of ether oxygens (including phenoxy) is 2. The number of aromatic nitrogens is 3. The number of fused-ring (bicyclic) bond motifs is 1. The predicted molar refractivity (Wildman–Crippen MR) is 108 cm³/mol. The maximum Gasteiger partial charge on any atom is 0.350 e. The number of hydrogen-bond donors (Lipinski definition) is 4. The predicted octanol–water partition coefficient (Wildman–Crippen LogP) is 1.09. The minimum Gasteiger partial charge on any atom is -0.387 e. The molecule has 0 aromatic carbocycles. The van der Waals surface area contributed by atoms with Gasteiger partial charge < -0.3 is 38.9 Å². The molecule has 4 rings (SSSR count). The van der Waals surface area contributed by atoms with Gasteiger partial charge in [-0.2, -0.15) is 9.97 Å². The highest BCUT2D eigenvalue weighted by molar-refractivity contribution is 7.51. The molecule has 0 saturated carbocycles. The van der Waals surface area contributed by atoms with Gasteiger partial charge in [0.15, 0.2) is 6.23 Å². The van der Waals surface area contributed by atoms with Crippen LogP contribution in [0.1, 0.15) is 19.1 Å². The molecular weight excluding hydrogens is 477 g/mol. The average Bonchev–Trinajstić information content (AvgIpc) is 3.22. The fourth-order valence-corrected chi connectivity index (χ4v) is 4.37. The number of aliphatic hydroxyl groups excluding tert-OH is 2. The van der Waals surface area contributed by atoms with Gasteiger partial charge in [0.05, 0.1) is 12.0 Å². The van der Waals surface area contributed by atoms with E-state index in [4.69, 9.17) is 30.9 Å². The Morgan fingerprint density at radius 3 is 2.59 bits per heavy atom. The Morgan fingerprint density at radius 1 is 1.25 bits per heavy atom. The molecule has 11 nitrogen and oxygen atoms in total. The van der Waals surface area contributed by atoms with Crippen molar-refractivity contribution >= 4 is 36.0 Å². The van der Waals surface area contributed by atoms with E-state index in [1.165, 1.54) is 10.8 Å². The van der Waals surface area contributed by atoms with Crippen molar-refractivity contribution in [3.8, 4) is 0 Å². The molecule has 4 atom stereocenters. The van der Waals surface area contributed by atoms with Crippen LogP contribution in [0.5, 0.6) is 0 Å². The second-order valence-corrected chi connectivity index (χ2v) is 9.76. The summed E-state index contributed by atoms with van der Waals surface area (Å²) < 4.78 is 50.0. The smallest absolute Gasteiger partial charge is 0.350 e. The third-order valence-electron chi connectivity index (χ3n) is 5.47. The lowest BCUT2D eigenvalue weighted by molar-refractivity contribution is -0.0610. The van der Waals surface area contributed by atoms with Gasteiger partial charge in [0.2, 0.25) is 5.28 Å². The van der Waals surface area contributed by atoms with E-state index in [-0.39, 0.29) is 43.5 Å².